The average Bonchev–Trinajstić information content (AvgIpc) is 2.78. The van der Waals surface area contributed by atoms with Crippen molar-refractivity contribution in [3.63, 3.8) is 0 Å². The zero-order valence-electron chi connectivity index (χ0n) is 9.34. The lowest BCUT2D eigenvalue weighted by Crippen LogP contribution is -2.46. The van der Waals surface area contributed by atoms with Crippen molar-refractivity contribution in [2.24, 2.45) is 17.8 Å². The normalized spacial score (nSPS) is 52.5. The summed E-state index contributed by atoms with van der Waals surface area (Å²) < 4.78 is 0. The predicted octanol–water partition coefficient (Wildman–Crippen LogP) is 2.95. The fourth-order valence-electron chi connectivity index (χ4n) is 4.30. The molecule has 5 atom stereocenters. The fourth-order valence-corrected chi connectivity index (χ4v) is 4.30. The summed E-state index contributed by atoms with van der Waals surface area (Å²) in [6, 6.07) is 1.67. The summed E-state index contributed by atoms with van der Waals surface area (Å²) in [5.74, 6) is 3.27. The van der Waals surface area contributed by atoms with E-state index in [-0.39, 0.29) is 0 Å². The zero-order valence-corrected chi connectivity index (χ0v) is 9.34. The molecule has 0 aromatic carbocycles. The minimum absolute atomic E-state index is 0.785. The molecule has 1 N–H and O–H groups in total. The molecule has 0 aromatic rings. The van der Waals surface area contributed by atoms with Crippen LogP contribution in [0.4, 0.5) is 0 Å². The van der Waals surface area contributed by atoms with Crippen LogP contribution in [0.15, 0.2) is 0 Å². The number of fused-ring (bicyclic) bond motifs is 2. The van der Waals surface area contributed by atoms with Gasteiger partial charge in [-0.2, -0.15) is 0 Å². The highest BCUT2D eigenvalue weighted by Crippen LogP contribution is 2.50. The Labute approximate surface area is 87.7 Å². The Hall–Kier alpha value is -0.0400. The maximum Gasteiger partial charge on any atom is 0.0101 e. The van der Waals surface area contributed by atoms with E-state index in [1.807, 2.05) is 0 Å². The Morgan fingerprint density at radius 3 is 2.57 bits per heavy atom. The van der Waals surface area contributed by atoms with Crippen LogP contribution in [0.5, 0.6) is 0 Å². The van der Waals surface area contributed by atoms with Crippen LogP contribution in [0, 0.1) is 17.8 Å². The fraction of sp³-hybridized carbons (Fsp3) is 1.00. The van der Waals surface area contributed by atoms with Crippen LogP contribution in [0.25, 0.3) is 0 Å². The second kappa shape index (κ2) is 3.52. The van der Waals surface area contributed by atoms with Crippen LogP contribution in [0.2, 0.25) is 0 Å². The third-order valence-corrected chi connectivity index (χ3v) is 4.96. The third kappa shape index (κ3) is 1.50. The molecular weight excluding hydrogens is 170 g/mol. The Morgan fingerprint density at radius 1 is 1.00 bits per heavy atom. The molecule has 0 amide bonds. The lowest BCUT2D eigenvalue weighted by atomic mass is 9.79. The SMILES string of the molecule is CC1CCCC(C2CC3CCC2C3)N1. The van der Waals surface area contributed by atoms with Gasteiger partial charge in [0.25, 0.3) is 0 Å². The second-order valence-corrected chi connectivity index (χ2v) is 5.94. The van der Waals surface area contributed by atoms with Crippen molar-refractivity contribution in [1.82, 2.24) is 5.32 Å². The van der Waals surface area contributed by atoms with E-state index in [0.29, 0.717) is 0 Å². The first kappa shape index (κ1) is 9.21. The minimum atomic E-state index is 0.785. The predicted molar refractivity (Wildman–Crippen MR) is 59.2 cm³/mol. The minimum Gasteiger partial charge on any atom is -0.311 e. The number of rotatable bonds is 1. The van der Waals surface area contributed by atoms with E-state index in [0.717, 1.165) is 29.8 Å². The van der Waals surface area contributed by atoms with Gasteiger partial charge in [0.1, 0.15) is 0 Å². The standard InChI is InChI=1S/C13H23N/c1-9-3-2-4-13(14-9)12-8-10-5-6-11(12)7-10/h9-14H,2-8H2,1H3. The summed E-state index contributed by atoms with van der Waals surface area (Å²) in [6.07, 6.45) is 10.5. The van der Waals surface area contributed by atoms with Crippen molar-refractivity contribution in [1.29, 1.82) is 0 Å². The lowest BCUT2D eigenvalue weighted by Gasteiger charge is -2.37. The number of hydrogen-bond acceptors (Lipinski definition) is 1. The Balaban J connectivity index is 1.65. The van der Waals surface area contributed by atoms with Crippen molar-refractivity contribution in [3.05, 3.63) is 0 Å². The molecule has 0 radical (unpaired) electrons. The number of hydrogen-bond donors (Lipinski definition) is 1. The van der Waals surface area contributed by atoms with Gasteiger partial charge in [0.15, 0.2) is 0 Å². The number of piperidine rings is 1. The molecule has 2 saturated carbocycles. The van der Waals surface area contributed by atoms with E-state index in [1.54, 1.807) is 25.7 Å². The Morgan fingerprint density at radius 2 is 1.93 bits per heavy atom. The van der Waals surface area contributed by atoms with Gasteiger partial charge in [-0.3, -0.25) is 0 Å². The van der Waals surface area contributed by atoms with Gasteiger partial charge in [-0.15, -0.1) is 0 Å². The van der Waals surface area contributed by atoms with Crippen LogP contribution >= 0.6 is 0 Å². The molecule has 0 aromatic heterocycles. The molecule has 1 aliphatic heterocycles. The van der Waals surface area contributed by atoms with E-state index in [2.05, 4.69) is 12.2 Å². The summed E-state index contributed by atoms with van der Waals surface area (Å²) in [4.78, 5) is 0. The average molecular weight is 193 g/mol. The first-order valence-corrected chi connectivity index (χ1v) is 6.59. The van der Waals surface area contributed by atoms with Gasteiger partial charge >= 0.3 is 0 Å². The molecule has 3 aliphatic rings. The van der Waals surface area contributed by atoms with E-state index < -0.39 is 0 Å². The maximum absolute atomic E-state index is 3.84. The molecule has 3 fully saturated rings. The highest BCUT2D eigenvalue weighted by atomic mass is 15.0. The summed E-state index contributed by atoms with van der Waals surface area (Å²) in [5, 5.41) is 3.84. The zero-order chi connectivity index (χ0) is 9.54. The molecule has 2 aliphatic carbocycles. The van der Waals surface area contributed by atoms with E-state index in [1.165, 1.54) is 19.3 Å². The second-order valence-electron chi connectivity index (χ2n) is 5.94. The van der Waals surface area contributed by atoms with Crippen molar-refractivity contribution in [3.8, 4) is 0 Å². The molecule has 1 heteroatoms. The van der Waals surface area contributed by atoms with Gasteiger partial charge in [-0.05, 0) is 56.8 Å². The van der Waals surface area contributed by atoms with Crippen LogP contribution in [0.3, 0.4) is 0 Å². The molecule has 14 heavy (non-hydrogen) atoms. The monoisotopic (exact) mass is 193 g/mol. The van der Waals surface area contributed by atoms with Gasteiger partial charge < -0.3 is 5.32 Å². The molecule has 3 rings (SSSR count). The van der Waals surface area contributed by atoms with Gasteiger partial charge in [-0.1, -0.05) is 12.8 Å². The Kier molecular flexibility index (Phi) is 2.31. The molecule has 1 heterocycles. The molecule has 5 unspecified atom stereocenters. The maximum atomic E-state index is 3.84. The summed E-state index contributed by atoms with van der Waals surface area (Å²) in [7, 11) is 0. The van der Waals surface area contributed by atoms with Crippen molar-refractivity contribution >= 4 is 0 Å². The Bertz CT molecular complexity index is 213. The topological polar surface area (TPSA) is 12.0 Å². The van der Waals surface area contributed by atoms with Crippen LogP contribution in [-0.2, 0) is 0 Å². The molecule has 1 nitrogen and oxygen atoms in total. The van der Waals surface area contributed by atoms with E-state index in [4.69, 9.17) is 0 Å². The third-order valence-electron chi connectivity index (χ3n) is 4.96. The highest BCUT2D eigenvalue weighted by molar-refractivity contribution is 4.96. The molecule has 1 saturated heterocycles. The van der Waals surface area contributed by atoms with Gasteiger partial charge in [0, 0.05) is 12.1 Å². The van der Waals surface area contributed by atoms with Crippen molar-refractivity contribution in [2.75, 3.05) is 0 Å². The van der Waals surface area contributed by atoms with Crippen LogP contribution in [-0.4, -0.2) is 12.1 Å². The smallest absolute Gasteiger partial charge is 0.0101 e. The van der Waals surface area contributed by atoms with Crippen molar-refractivity contribution < 1.29 is 0 Å². The van der Waals surface area contributed by atoms with E-state index >= 15 is 0 Å². The summed E-state index contributed by atoms with van der Waals surface area (Å²) >= 11 is 0. The van der Waals surface area contributed by atoms with Crippen LogP contribution < -0.4 is 5.32 Å². The van der Waals surface area contributed by atoms with Gasteiger partial charge in [0.2, 0.25) is 0 Å². The quantitative estimate of drug-likeness (QED) is 0.675. The highest BCUT2D eigenvalue weighted by Gasteiger charge is 2.43. The van der Waals surface area contributed by atoms with Gasteiger partial charge in [-0.25, -0.2) is 0 Å². The van der Waals surface area contributed by atoms with Crippen LogP contribution in [0.1, 0.15) is 51.9 Å². The van der Waals surface area contributed by atoms with Crippen molar-refractivity contribution in [2.45, 2.75) is 64.0 Å². The molecule has 80 valence electrons. The lowest BCUT2D eigenvalue weighted by molar-refractivity contribution is 0.195. The molecular formula is C13H23N. The first-order valence-electron chi connectivity index (χ1n) is 6.59. The summed E-state index contributed by atoms with van der Waals surface area (Å²) in [6.45, 7) is 2.36. The number of nitrogens with one attached hydrogen (secondary N) is 1. The molecule has 0 spiro atoms. The largest absolute Gasteiger partial charge is 0.311 e. The first-order chi connectivity index (χ1) is 6.83. The van der Waals surface area contributed by atoms with E-state index in [9.17, 15) is 0 Å². The summed E-state index contributed by atoms with van der Waals surface area (Å²) in [5.41, 5.74) is 0. The van der Waals surface area contributed by atoms with Gasteiger partial charge in [0.05, 0.1) is 0 Å². The molecule has 2 bridgehead atoms.